The normalized spacial score (nSPS) is 24.7. The van der Waals surface area contributed by atoms with Crippen LogP contribution in [0.25, 0.3) is 0 Å². The van der Waals surface area contributed by atoms with Crippen molar-refractivity contribution in [3.8, 4) is 69.6 Å². The first-order valence-electron chi connectivity index (χ1n) is 32.8. The van der Waals surface area contributed by atoms with E-state index in [0.717, 1.165) is 27.8 Å². The Kier molecular flexibility index (Phi) is 15.9. The molecule has 10 heterocycles. The number of hydrogen-bond acceptors (Lipinski definition) is 23. The highest BCUT2D eigenvalue weighted by Crippen LogP contribution is 2.62. The number of amides is 4. The fraction of sp³-hybridized carbons (Fsp3) is 0.405. The van der Waals surface area contributed by atoms with Crippen LogP contribution < -0.4 is 42.6 Å². The number of methoxy groups -OCH3 is 3. The van der Waals surface area contributed by atoms with Crippen LogP contribution in [0.15, 0.2) is 60.7 Å². The number of fused-ring (bicyclic) bond motifs is 20. The van der Waals surface area contributed by atoms with Crippen molar-refractivity contribution in [2.45, 2.75) is 128 Å². The Hall–Kier alpha value is -10.3. The van der Waals surface area contributed by atoms with E-state index in [9.17, 15) is 44.4 Å². The number of nitrogens with zero attached hydrogens (tertiary/aromatic N) is 8. The van der Waals surface area contributed by atoms with E-state index in [1.807, 2.05) is 40.9 Å². The van der Waals surface area contributed by atoms with E-state index in [1.165, 1.54) is 30.8 Å². The molecule has 10 atom stereocenters. The molecule has 510 valence electrons. The van der Waals surface area contributed by atoms with Crippen LogP contribution in [-0.4, -0.2) is 175 Å². The van der Waals surface area contributed by atoms with Crippen molar-refractivity contribution < 1.29 is 81.2 Å². The van der Waals surface area contributed by atoms with Gasteiger partial charge in [-0.05, 0) is 114 Å². The van der Waals surface area contributed by atoms with Gasteiger partial charge in [0.15, 0.2) is 52.8 Å². The van der Waals surface area contributed by atoms with Gasteiger partial charge in [-0.2, -0.15) is 10.5 Å². The van der Waals surface area contributed by atoms with Gasteiger partial charge in [-0.25, -0.2) is 0 Å². The molecule has 0 spiro atoms. The Morgan fingerprint density at radius 3 is 1.32 bits per heavy atom. The van der Waals surface area contributed by atoms with Gasteiger partial charge in [-0.3, -0.25) is 58.2 Å². The standard InChI is InChI=1S/C38H38N4O9.C36H34N4O8/c1-18-11-21-12-25-27(14-39)42-26(31(40(25)4)29(21)35(32(18)47-6)48-16-46-5)13-24-30(36-34(49-17-50-36)19(2)33(24)51-20(3)43)28(42)15-41-37(44)22-9-7-8-10-23(22)38(41)45;1-16-10-19-11-23-25(13-37)40-24(29(38(23)4)27(19)30(42)31(16)45-5)12-22-28(34-33(46-15-47-34)17(2)32(22)48-18(3)41)26(40)14-39-35(43)20-8-6-7-9-21(20)36(39)44/h7-11,25-28,31H,12-13,15-17H2,1-6H3;6-10,23-26,29,42H,11-12,14-15H2,1-5H3/t25-,26?,27?,28-,31-;23-,24?,25?,26-,29-/m00/s1. The maximum atomic E-state index is 13.9. The molecule has 25 nitrogen and oxygen atoms in total. The van der Waals surface area contributed by atoms with Crippen LogP contribution in [0.5, 0.6) is 57.5 Å². The number of benzene rings is 6. The van der Waals surface area contributed by atoms with E-state index in [4.69, 9.17) is 47.4 Å². The second-order valence-electron chi connectivity index (χ2n) is 26.8. The number of carbonyl (C=O) groups is 6. The maximum Gasteiger partial charge on any atom is 0.308 e. The number of rotatable bonds is 11. The molecule has 2 saturated heterocycles. The van der Waals surface area contributed by atoms with Gasteiger partial charge in [0.2, 0.25) is 13.6 Å². The van der Waals surface area contributed by atoms with Crippen molar-refractivity contribution in [1.29, 1.82) is 10.5 Å². The van der Waals surface area contributed by atoms with Crippen LogP contribution in [0.3, 0.4) is 0 Å². The van der Waals surface area contributed by atoms with Gasteiger partial charge in [-0.1, -0.05) is 36.4 Å². The number of aryl methyl sites for hydroxylation is 2. The SMILES string of the molecule is COCOc1c(OC)c(C)cc2c1[C@@H]1C3Cc4c(OC(C)=O)c(C)c5c(c4[C@H](CN4C(=O)c6ccccc6C4=O)N3C(C#N)[C@H](C2)N1C)OCO5.COc1c(C)cc2c(c1O)[C@@H]1C3Cc4c(OC(C)=O)c(C)c5c(c4[C@H](CN4C(=O)c6ccccc6C4=O)N3C(C#N)[C@H](C2)N1C)OCO5. The Morgan fingerprint density at radius 2 is 0.929 bits per heavy atom. The highest BCUT2D eigenvalue weighted by atomic mass is 16.7. The lowest BCUT2D eigenvalue weighted by Gasteiger charge is -2.60. The molecular weight excluding hydrogens is 1270 g/mol. The van der Waals surface area contributed by atoms with Gasteiger partial charge < -0.3 is 52.5 Å². The predicted molar refractivity (Wildman–Crippen MR) is 349 cm³/mol. The third-order valence-corrected chi connectivity index (χ3v) is 21.8. The van der Waals surface area contributed by atoms with Gasteiger partial charge in [0, 0.05) is 103 Å². The number of phenolic OH excluding ortho intramolecular Hbond substituents is 1. The topological polar surface area (TPSA) is 282 Å². The smallest absolute Gasteiger partial charge is 0.308 e. The lowest BCUT2D eigenvalue weighted by Crippen LogP contribution is -2.69. The summed E-state index contributed by atoms with van der Waals surface area (Å²) in [5, 5.41) is 33.7. The number of phenols is 1. The minimum absolute atomic E-state index is 0.00815. The predicted octanol–water partition coefficient (Wildman–Crippen LogP) is 7.76. The Labute approximate surface area is 570 Å². The number of nitriles is 2. The minimum atomic E-state index is -0.745. The highest BCUT2D eigenvalue weighted by molar-refractivity contribution is 6.22. The molecule has 6 aromatic rings. The van der Waals surface area contributed by atoms with Crippen LogP contribution in [0.4, 0.5) is 0 Å². The quantitative estimate of drug-likeness (QED) is 0.0561. The van der Waals surface area contributed by atoms with Crippen molar-refractivity contribution >= 4 is 35.6 Å². The summed E-state index contributed by atoms with van der Waals surface area (Å²) >= 11 is 0. The molecule has 99 heavy (non-hydrogen) atoms. The zero-order valence-corrected chi connectivity index (χ0v) is 56.5. The van der Waals surface area contributed by atoms with Crippen molar-refractivity contribution in [2.24, 2.45) is 0 Å². The van der Waals surface area contributed by atoms with Crippen LogP contribution in [-0.2, 0) is 40.0 Å². The van der Waals surface area contributed by atoms with E-state index < -0.39 is 77.9 Å². The molecule has 4 unspecified atom stereocenters. The summed E-state index contributed by atoms with van der Waals surface area (Å²) in [7, 11) is 8.65. The van der Waals surface area contributed by atoms with Crippen molar-refractivity contribution in [2.75, 3.05) is 68.9 Å². The average molecular weight is 1350 g/mol. The molecule has 0 aliphatic carbocycles. The van der Waals surface area contributed by atoms with Gasteiger partial charge in [0.1, 0.15) is 23.6 Å². The molecule has 6 aromatic carbocycles. The highest BCUT2D eigenvalue weighted by Gasteiger charge is 2.60. The molecular formula is C74H72N8O17. The lowest BCUT2D eigenvalue weighted by molar-refractivity contribution is -0.133. The monoisotopic (exact) mass is 1340 g/mol. The summed E-state index contributed by atoms with van der Waals surface area (Å²) in [5.74, 6) is 1.30. The van der Waals surface area contributed by atoms with E-state index in [2.05, 4.69) is 37.8 Å². The fourth-order valence-corrected chi connectivity index (χ4v) is 18.0. The average Bonchev–Trinajstić information content (AvgIpc) is 1.35. The molecule has 10 aliphatic heterocycles. The molecule has 4 amide bonds. The molecule has 0 saturated carbocycles. The molecule has 0 aromatic heterocycles. The summed E-state index contributed by atoms with van der Waals surface area (Å²) in [6.07, 6.45) is 1.67. The first-order valence-corrected chi connectivity index (χ1v) is 32.8. The number of carbonyl (C=O) groups excluding carboxylic acids is 6. The van der Waals surface area contributed by atoms with Gasteiger partial charge in [0.05, 0.1) is 72.8 Å². The van der Waals surface area contributed by atoms with Crippen LogP contribution in [0, 0.1) is 50.4 Å². The van der Waals surface area contributed by atoms with Gasteiger partial charge in [-0.15, -0.1) is 0 Å². The number of hydrogen-bond donors (Lipinski definition) is 1. The summed E-state index contributed by atoms with van der Waals surface area (Å²) in [5.41, 5.74) is 10.4. The van der Waals surface area contributed by atoms with E-state index in [-0.39, 0.29) is 57.3 Å². The summed E-state index contributed by atoms with van der Waals surface area (Å²) in [6.45, 7) is 9.84. The number of piperazine rings is 2. The number of esters is 2. The van der Waals surface area contributed by atoms with E-state index in [0.29, 0.717) is 139 Å². The zero-order valence-electron chi connectivity index (χ0n) is 56.5. The Bertz CT molecular complexity index is 4570. The first-order chi connectivity index (χ1) is 47.7. The first kappa shape index (κ1) is 64.7. The van der Waals surface area contributed by atoms with Gasteiger partial charge in [0.25, 0.3) is 23.6 Å². The summed E-state index contributed by atoms with van der Waals surface area (Å²) in [6, 6.07) is 17.8. The fourth-order valence-electron chi connectivity index (χ4n) is 18.0. The second kappa shape index (κ2) is 24.3. The van der Waals surface area contributed by atoms with Crippen molar-refractivity contribution in [3.63, 3.8) is 0 Å². The van der Waals surface area contributed by atoms with Crippen LogP contribution in [0.1, 0.15) is 146 Å². The van der Waals surface area contributed by atoms with Gasteiger partial charge >= 0.3 is 11.9 Å². The third-order valence-electron chi connectivity index (χ3n) is 21.8. The van der Waals surface area contributed by atoms with E-state index >= 15 is 0 Å². The zero-order chi connectivity index (χ0) is 69.6. The molecule has 0 radical (unpaired) electrons. The molecule has 16 rings (SSSR count). The molecule has 1 N–H and O–H groups in total. The second-order valence-corrected chi connectivity index (χ2v) is 26.8. The van der Waals surface area contributed by atoms with Crippen molar-refractivity contribution in [1.82, 2.24) is 29.4 Å². The largest absolute Gasteiger partial charge is 0.504 e. The summed E-state index contributed by atoms with van der Waals surface area (Å²) < 4.78 is 59.2. The Morgan fingerprint density at radius 1 is 0.535 bits per heavy atom. The number of ether oxygens (including phenoxy) is 10. The third kappa shape index (κ3) is 9.56. The molecule has 10 aliphatic rings. The number of likely N-dealkylation sites (N-methyl/N-ethyl adjacent to an activating group) is 2. The van der Waals surface area contributed by atoms with Crippen molar-refractivity contribution in [3.05, 3.63) is 150 Å². The lowest BCUT2D eigenvalue weighted by atomic mass is 9.71. The minimum Gasteiger partial charge on any atom is -0.504 e. The summed E-state index contributed by atoms with van der Waals surface area (Å²) in [4.78, 5) is 91.7. The van der Waals surface area contributed by atoms with Crippen LogP contribution >= 0.6 is 0 Å². The molecule has 25 heteroatoms. The number of imide groups is 2. The number of aromatic hydroxyl groups is 1. The maximum absolute atomic E-state index is 13.9. The van der Waals surface area contributed by atoms with E-state index in [1.54, 1.807) is 69.7 Å². The molecule has 2 fully saturated rings. The Balaban J connectivity index is 0.000000162. The molecule has 4 bridgehead atoms. The van der Waals surface area contributed by atoms with Crippen LogP contribution in [0.2, 0.25) is 0 Å².